The predicted molar refractivity (Wildman–Crippen MR) is 94.1 cm³/mol. The van der Waals surface area contributed by atoms with E-state index in [0.29, 0.717) is 13.2 Å². The predicted octanol–water partition coefficient (Wildman–Crippen LogP) is 2.92. The van der Waals surface area contributed by atoms with Crippen LogP contribution >= 0.6 is 0 Å². The van der Waals surface area contributed by atoms with E-state index in [2.05, 4.69) is 5.32 Å². The zero-order valence-electron chi connectivity index (χ0n) is 15.4. The Kier molecular flexibility index (Phi) is 7.53. The highest BCUT2D eigenvalue weighted by Gasteiger charge is 2.30. The van der Waals surface area contributed by atoms with Crippen molar-refractivity contribution in [2.24, 2.45) is 5.92 Å². The fourth-order valence-electron chi connectivity index (χ4n) is 2.58. The van der Waals surface area contributed by atoms with Crippen LogP contribution in [0.25, 0.3) is 0 Å². The molecule has 144 valence electrons. The van der Waals surface area contributed by atoms with E-state index >= 15 is 0 Å². The van der Waals surface area contributed by atoms with E-state index in [4.69, 9.17) is 14.2 Å². The van der Waals surface area contributed by atoms with Gasteiger partial charge in [0.1, 0.15) is 5.82 Å². The molecule has 1 heterocycles. The van der Waals surface area contributed by atoms with Crippen molar-refractivity contribution in [2.75, 3.05) is 18.5 Å². The zero-order chi connectivity index (χ0) is 19.1. The molecule has 1 amide bonds. The Morgan fingerprint density at radius 3 is 2.65 bits per heavy atom. The minimum absolute atomic E-state index is 0.00417. The summed E-state index contributed by atoms with van der Waals surface area (Å²) in [5, 5.41) is 2.46. The lowest BCUT2D eigenvalue weighted by atomic mass is 10.1. The van der Waals surface area contributed by atoms with Crippen molar-refractivity contribution in [1.29, 1.82) is 0 Å². The Bertz CT molecular complexity index is 616. The monoisotopic (exact) mass is 367 g/mol. The molecule has 1 aromatic rings. The topological polar surface area (TPSA) is 73.9 Å². The van der Waals surface area contributed by atoms with Crippen LogP contribution in [0, 0.1) is 11.7 Å². The Labute approximate surface area is 153 Å². The van der Waals surface area contributed by atoms with Crippen molar-refractivity contribution in [3.8, 4) is 0 Å². The molecule has 2 rings (SSSR count). The summed E-state index contributed by atoms with van der Waals surface area (Å²) in [6, 6.07) is 5.82. The number of carbonyl (C=O) groups is 2. The number of esters is 1. The number of halogens is 1. The second kappa shape index (κ2) is 9.64. The fraction of sp³-hybridized carbons (Fsp3) is 0.579. The van der Waals surface area contributed by atoms with Crippen LogP contribution in [0.2, 0.25) is 0 Å². The van der Waals surface area contributed by atoms with Gasteiger partial charge in [0.25, 0.3) is 5.91 Å². The number of rotatable bonds is 8. The molecule has 1 fully saturated rings. The molecule has 1 saturated heterocycles. The van der Waals surface area contributed by atoms with E-state index in [1.165, 1.54) is 18.2 Å². The molecule has 26 heavy (non-hydrogen) atoms. The number of carbonyl (C=O) groups excluding carboxylic acids is 2. The van der Waals surface area contributed by atoms with Gasteiger partial charge in [-0.1, -0.05) is 26.0 Å². The van der Waals surface area contributed by atoms with Crippen LogP contribution in [-0.2, 0) is 23.8 Å². The molecule has 0 spiro atoms. The normalized spacial score (nSPS) is 19.2. The van der Waals surface area contributed by atoms with Crippen LogP contribution in [0.1, 0.15) is 33.6 Å². The molecule has 6 nitrogen and oxygen atoms in total. The van der Waals surface area contributed by atoms with Gasteiger partial charge in [0.05, 0.1) is 18.4 Å². The van der Waals surface area contributed by atoms with Crippen LogP contribution in [0.15, 0.2) is 24.3 Å². The maximum atomic E-state index is 13.7. The molecule has 0 aliphatic carbocycles. The van der Waals surface area contributed by atoms with Crippen molar-refractivity contribution in [3.05, 3.63) is 30.1 Å². The van der Waals surface area contributed by atoms with Crippen LogP contribution in [0.5, 0.6) is 0 Å². The van der Waals surface area contributed by atoms with Gasteiger partial charge in [-0.25, -0.2) is 9.18 Å². The van der Waals surface area contributed by atoms with Gasteiger partial charge >= 0.3 is 5.97 Å². The maximum Gasteiger partial charge on any atom is 0.335 e. The van der Waals surface area contributed by atoms with E-state index in [9.17, 15) is 14.0 Å². The lowest BCUT2D eigenvalue weighted by Gasteiger charge is -2.23. The molecule has 1 aliphatic heterocycles. The molecule has 1 N–H and O–H groups in total. The largest absolute Gasteiger partial charge is 0.450 e. The van der Waals surface area contributed by atoms with Crippen molar-refractivity contribution < 1.29 is 28.2 Å². The van der Waals surface area contributed by atoms with E-state index < -0.39 is 29.9 Å². The molecule has 0 bridgehead atoms. The SMILES string of the molecule is CC(OCC1CCCO1)C(=O)OC(C(=O)Nc1ccccc1F)C(C)C. The van der Waals surface area contributed by atoms with Gasteiger partial charge in [-0.3, -0.25) is 4.79 Å². The zero-order valence-corrected chi connectivity index (χ0v) is 15.4. The second-order valence-electron chi connectivity index (χ2n) is 6.68. The number of para-hydroxylation sites is 1. The maximum absolute atomic E-state index is 13.7. The van der Waals surface area contributed by atoms with Crippen LogP contribution < -0.4 is 5.32 Å². The van der Waals surface area contributed by atoms with Gasteiger partial charge in [0, 0.05) is 6.61 Å². The molecule has 0 aromatic heterocycles. The van der Waals surface area contributed by atoms with Gasteiger partial charge in [-0.05, 0) is 37.8 Å². The molecule has 1 aliphatic rings. The molecule has 3 unspecified atom stereocenters. The first-order valence-corrected chi connectivity index (χ1v) is 8.87. The summed E-state index contributed by atoms with van der Waals surface area (Å²) in [4.78, 5) is 24.7. The van der Waals surface area contributed by atoms with E-state index in [1.54, 1.807) is 26.8 Å². The molecule has 0 radical (unpaired) electrons. The van der Waals surface area contributed by atoms with Gasteiger partial charge < -0.3 is 19.5 Å². The first-order chi connectivity index (χ1) is 12.4. The summed E-state index contributed by atoms with van der Waals surface area (Å²) < 4.78 is 30.0. The summed E-state index contributed by atoms with van der Waals surface area (Å²) in [6.07, 6.45) is 0.0213. The Morgan fingerprint density at radius 1 is 1.31 bits per heavy atom. The van der Waals surface area contributed by atoms with Crippen molar-refractivity contribution in [3.63, 3.8) is 0 Å². The second-order valence-corrected chi connectivity index (χ2v) is 6.68. The van der Waals surface area contributed by atoms with E-state index in [0.717, 1.165) is 12.8 Å². The van der Waals surface area contributed by atoms with E-state index in [1.807, 2.05) is 0 Å². The first-order valence-electron chi connectivity index (χ1n) is 8.87. The minimum atomic E-state index is -1.05. The average Bonchev–Trinajstić information content (AvgIpc) is 3.12. The number of benzene rings is 1. The third-order valence-corrected chi connectivity index (χ3v) is 4.13. The fourth-order valence-corrected chi connectivity index (χ4v) is 2.58. The highest BCUT2D eigenvalue weighted by Crippen LogP contribution is 2.17. The van der Waals surface area contributed by atoms with E-state index in [-0.39, 0.29) is 17.7 Å². The molecule has 7 heteroatoms. The highest BCUT2D eigenvalue weighted by atomic mass is 19.1. The molecule has 3 atom stereocenters. The minimum Gasteiger partial charge on any atom is -0.450 e. The molecular weight excluding hydrogens is 341 g/mol. The smallest absolute Gasteiger partial charge is 0.335 e. The number of ether oxygens (including phenoxy) is 3. The Morgan fingerprint density at radius 2 is 2.04 bits per heavy atom. The molecule has 0 saturated carbocycles. The number of hydrogen-bond acceptors (Lipinski definition) is 5. The van der Waals surface area contributed by atoms with Crippen molar-refractivity contribution in [1.82, 2.24) is 0 Å². The van der Waals surface area contributed by atoms with Crippen LogP contribution in [-0.4, -0.2) is 43.4 Å². The summed E-state index contributed by atoms with van der Waals surface area (Å²) in [5.41, 5.74) is 0.0434. The number of anilines is 1. The summed E-state index contributed by atoms with van der Waals surface area (Å²) >= 11 is 0. The van der Waals surface area contributed by atoms with Crippen LogP contribution in [0.4, 0.5) is 10.1 Å². The van der Waals surface area contributed by atoms with Crippen LogP contribution in [0.3, 0.4) is 0 Å². The van der Waals surface area contributed by atoms with Crippen molar-refractivity contribution >= 4 is 17.6 Å². The molecule has 1 aromatic carbocycles. The average molecular weight is 367 g/mol. The number of nitrogens with one attached hydrogen (secondary N) is 1. The lowest BCUT2D eigenvalue weighted by Crippen LogP contribution is -2.40. The van der Waals surface area contributed by atoms with Gasteiger partial charge in [-0.2, -0.15) is 0 Å². The lowest BCUT2D eigenvalue weighted by molar-refractivity contribution is -0.168. The van der Waals surface area contributed by atoms with Gasteiger partial charge in [-0.15, -0.1) is 0 Å². The highest BCUT2D eigenvalue weighted by molar-refractivity contribution is 5.95. The third-order valence-electron chi connectivity index (χ3n) is 4.13. The Balaban J connectivity index is 1.90. The number of amides is 1. The number of hydrogen-bond donors (Lipinski definition) is 1. The third kappa shape index (κ3) is 5.78. The standard InChI is InChI=1S/C19H26FNO5/c1-12(2)17(18(22)21-16-9-5-4-8-15(16)20)26-19(23)13(3)25-11-14-7-6-10-24-14/h4-5,8-9,12-14,17H,6-7,10-11H2,1-3H3,(H,21,22). The summed E-state index contributed by atoms with van der Waals surface area (Å²) in [7, 11) is 0. The van der Waals surface area contributed by atoms with Crippen molar-refractivity contribution in [2.45, 2.75) is 51.9 Å². The van der Waals surface area contributed by atoms with Gasteiger partial charge in [0.2, 0.25) is 0 Å². The summed E-state index contributed by atoms with van der Waals surface area (Å²) in [5.74, 6) is -2.05. The summed E-state index contributed by atoms with van der Waals surface area (Å²) in [6.45, 7) is 6.08. The van der Waals surface area contributed by atoms with Gasteiger partial charge in [0.15, 0.2) is 12.2 Å². The Hall–Kier alpha value is -1.99. The molecular formula is C19H26FNO5. The quantitative estimate of drug-likeness (QED) is 0.715. The first kappa shape index (κ1) is 20.3.